The molecule has 3 heterocycles. The third kappa shape index (κ3) is 6.00. The van der Waals surface area contributed by atoms with Crippen LogP contribution in [-0.2, 0) is 0 Å². The Bertz CT molecular complexity index is 1550. The van der Waals surface area contributed by atoms with E-state index in [-0.39, 0.29) is 0 Å². The molecule has 0 saturated carbocycles. The molecule has 198 valence electrons. The molecule has 0 spiro atoms. The van der Waals surface area contributed by atoms with Crippen LogP contribution in [0.4, 0.5) is 37.9 Å². The van der Waals surface area contributed by atoms with Gasteiger partial charge in [0.1, 0.15) is 0 Å². The number of aryl methyl sites for hydroxylation is 2. The zero-order chi connectivity index (χ0) is 26.6. The number of anilines is 7. The summed E-state index contributed by atoms with van der Waals surface area (Å²) in [6, 6.07) is 27.1. The molecule has 39 heavy (non-hydrogen) atoms. The highest BCUT2D eigenvalue weighted by molar-refractivity contribution is 7.20. The number of hydrogen-bond acceptors (Lipinski definition) is 9. The van der Waals surface area contributed by atoms with Gasteiger partial charge in [-0.3, -0.25) is 10.9 Å². The predicted molar refractivity (Wildman–Crippen MR) is 167 cm³/mol. The molecule has 1 saturated heterocycles. The predicted octanol–water partition coefficient (Wildman–Crippen LogP) is 8.41. The molecule has 0 unspecified atom stereocenters. The minimum Gasteiger partial charge on any atom is -0.363 e. The molecule has 2 aromatic heterocycles. The van der Waals surface area contributed by atoms with E-state index >= 15 is 0 Å². The van der Waals surface area contributed by atoms with Gasteiger partial charge in [-0.25, -0.2) is 0 Å². The van der Waals surface area contributed by atoms with E-state index in [9.17, 15) is 0 Å². The van der Waals surface area contributed by atoms with Crippen molar-refractivity contribution in [1.29, 1.82) is 0 Å². The first kappa shape index (κ1) is 25.2. The number of rotatable bonds is 9. The van der Waals surface area contributed by atoms with Gasteiger partial charge < -0.3 is 15.5 Å². The van der Waals surface area contributed by atoms with Crippen molar-refractivity contribution < 1.29 is 0 Å². The molecule has 1 aliphatic rings. The fourth-order valence-corrected chi connectivity index (χ4v) is 6.18. The average Bonchev–Trinajstić information content (AvgIpc) is 3.73. The molecule has 1 fully saturated rings. The van der Waals surface area contributed by atoms with E-state index in [4.69, 9.17) is 0 Å². The standard InChI is InChI=1S/C30H31N7S2/c1-20-18-24(32-27-14-15-28(38-27)37-16-6-7-17-37)10-12-25(20)31-23-11-13-26(21(2)19-23)34-35-30-33-29(36-39-30)22-8-4-3-5-9-22/h3-5,8-15,18-19,31-32,34H,6-7,16-17H2,1-2H3,(H,33,35,36). The molecule has 9 heteroatoms. The number of thiophene rings is 1. The van der Waals surface area contributed by atoms with Crippen LogP contribution in [0, 0.1) is 13.8 Å². The van der Waals surface area contributed by atoms with Crippen molar-refractivity contribution in [2.24, 2.45) is 0 Å². The summed E-state index contributed by atoms with van der Waals surface area (Å²) in [4.78, 5) is 7.05. The van der Waals surface area contributed by atoms with E-state index < -0.39 is 0 Å². The Kier molecular flexibility index (Phi) is 7.33. The largest absolute Gasteiger partial charge is 0.363 e. The van der Waals surface area contributed by atoms with Crippen molar-refractivity contribution in [3.8, 4) is 11.4 Å². The molecular formula is C30H31N7S2. The zero-order valence-corrected chi connectivity index (χ0v) is 23.6. The minimum absolute atomic E-state index is 0.717. The van der Waals surface area contributed by atoms with Gasteiger partial charge in [-0.1, -0.05) is 30.3 Å². The molecule has 0 radical (unpaired) electrons. The smallest absolute Gasteiger partial charge is 0.221 e. The first-order valence-electron chi connectivity index (χ1n) is 13.1. The lowest BCUT2D eigenvalue weighted by Crippen LogP contribution is -2.15. The Morgan fingerprint density at radius 3 is 2.21 bits per heavy atom. The van der Waals surface area contributed by atoms with Crippen LogP contribution in [0.3, 0.4) is 0 Å². The lowest BCUT2D eigenvalue weighted by Gasteiger charge is -2.15. The quantitative estimate of drug-likeness (QED) is 0.137. The fraction of sp³-hybridized carbons (Fsp3) is 0.200. The fourth-order valence-electron chi connectivity index (χ4n) is 4.66. The summed E-state index contributed by atoms with van der Waals surface area (Å²) in [5, 5.41) is 10.4. The van der Waals surface area contributed by atoms with Gasteiger partial charge in [0.2, 0.25) is 5.13 Å². The van der Waals surface area contributed by atoms with Crippen molar-refractivity contribution in [1.82, 2.24) is 9.36 Å². The molecule has 3 aromatic carbocycles. The summed E-state index contributed by atoms with van der Waals surface area (Å²) in [6.07, 6.45) is 2.59. The maximum Gasteiger partial charge on any atom is 0.221 e. The lowest BCUT2D eigenvalue weighted by atomic mass is 10.1. The van der Waals surface area contributed by atoms with Gasteiger partial charge in [-0.2, -0.15) is 9.36 Å². The number of hydrogen-bond donors (Lipinski definition) is 4. The monoisotopic (exact) mass is 553 g/mol. The lowest BCUT2D eigenvalue weighted by molar-refractivity contribution is 0.949. The first-order chi connectivity index (χ1) is 19.1. The molecule has 0 amide bonds. The summed E-state index contributed by atoms with van der Waals surface area (Å²) in [5.74, 6) is 0.722. The Labute approximate surface area is 237 Å². The second-order valence-corrected chi connectivity index (χ2v) is 11.5. The van der Waals surface area contributed by atoms with Crippen LogP contribution in [0.1, 0.15) is 24.0 Å². The highest BCUT2D eigenvalue weighted by Gasteiger charge is 2.14. The third-order valence-corrected chi connectivity index (χ3v) is 8.46. The van der Waals surface area contributed by atoms with Crippen LogP contribution in [0.5, 0.6) is 0 Å². The van der Waals surface area contributed by atoms with Gasteiger partial charge >= 0.3 is 0 Å². The summed E-state index contributed by atoms with van der Waals surface area (Å²) in [5.41, 5.74) is 14.0. The van der Waals surface area contributed by atoms with E-state index in [0.717, 1.165) is 44.8 Å². The molecule has 5 aromatic rings. The Balaban J connectivity index is 1.06. The van der Waals surface area contributed by atoms with E-state index in [0.29, 0.717) is 0 Å². The maximum absolute atomic E-state index is 4.58. The van der Waals surface area contributed by atoms with Crippen molar-refractivity contribution in [3.05, 3.63) is 90.0 Å². The van der Waals surface area contributed by atoms with Crippen LogP contribution in [0.2, 0.25) is 0 Å². The van der Waals surface area contributed by atoms with Gasteiger partial charge in [-0.15, -0.1) is 11.3 Å². The van der Waals surface area contributed by atoms with E-state index in [2.05, 4.69) is 98.1 Å². The van der Waals surface area contributed by atoms with Crippen LogP contribution in [0.25, 0.3) is 11.4 Å². The van der Waals surface area contributed by atoms with Crippen molar-refractivity contribution >= 4 is 60.8 Å². The number of benzene rings is 3. The summed E-state index contributed by atoms with van der Waals surface area (Å²) in [6.45, 7) is 6.56. The highest BCUT2D eigenvalue weighted by atomic mass is 32.1. The first-order valence-corrected chi connectivity index (χ1v) is 14.7. The van der Waals surface area contributed by atoms with E-state index in [1.165, 1.54) is 53.0 Å². The molecule has 0 bridgehead atoms. The Morgan fingerprint density at radius 2 is 1.46 bits per heavy atom. The van der Waals surface area contributed by atoms with Crippen molar-refractivity contribution in [2.45, 2.75) is 26.7 Å². The number of hydrazine groups is 1. The van der Waals surface area contributed by atoms with Crippen LogP contribution in [0.15, 0.2) is 78.9 Å². The highest BCUT2D eigenvalue weighted by Crippen LogP contribution is 2.35. The molecule has 4 N–H and O–H groups in total. The van der Waals surface area contributed by atoms with E-state index in [1.807, 2.05) is 41.7 Å². The van der Waals surface area contributed by atoms with Gasteiger partial charge in [0.05, 0.1) is 15.7 Å². The molecule has 6 rings (SSSR count). The summed E-state index contributed by atoms with van der Waals surface area (Å²) >= 11 is 3.16. The van der Waals surface area contributed by atoms with Gasteiger partial charge in [-0.05, 0) is 86.3 Å². The zero-order valence-electron chi connectivity index (χ0n) is 22.0. The topological polar surface area (TPSA) is 77.1 Å². The second kappa shape index (κ2) is 11.3. The second-order valence-electron chi connectivity index (χ2n) is 9.68. The third-order valence-electron chi connectivity index (χ3n) is 6.77. The number of nitrogens with one attached hydrogen (secondary N) is 4. The van der Waals surface area contributed by atoms with Gasteiger partial charge in [0.25, 0.3) is 0 Å². The molecule has 7 nitrogen and oxygen atoms in total. The Hall–Kier alpha value is -4.08. The maximum atomic E-state index is 4.58. The van der Waals surface area contributed by atoms with E-state index in [1.54, 1.807) is 0 Å². The van der Waals surface area contributed by atoms with Crippen LogP contribution < -0.4 is 26.4 Å². The summed E-state index contributed by atoms with van der Waals surface area (Å²) < 4.78 is 4.45. The SMILES string of the molecule is Cc1cc(Nc2ccc(Nc3ccc(N4CCCC4)s3)cc2C)ccc1NNc1nc(-c2ccccc2)ns1. The molecule has 1 aliphatic heterocycles. The van der Waals surface area contributed by atoms with Crippen LogP contribution >= 0.6 is 22.9 Å². The van der Waals surface area contributed by atoms with Crippen molar-refractivity contribution in [2.75, 3.05) is 39.5 Å². The molecule has 0 atom stereocenters. The normalized spacial score (nSPS) is 12.9. The van der Waals surface area contributed by atoms with Crippen molar-refractivity contribution in [3.63, 3.8) is 0 Å². The number of aromatic nitrogens is 2. The number of nitrogens with zero attached hydrogens (tertiary/aromatic N) is 3. The Morgan fingerprint density at radius 1 is 0.744 bits per heavy atom. The van der Waals surface area contributed by atoms with Crippen LogP contribution in [-0.4, -0.2) is 22.4 Å². The summed E-state index contributed by atoms with van der Waals surface area (Å²) in [7, 11) is 0. The molecular weight excluding hydrogens is 523 g/mol. The van der Waals surface area contributed by atoms with Gasteiger partial charge in [0, 0.05) is 47.2 Å². The van der Waals surface area contributed by atoms with Gasteiger partial charge in [0.15, 0.2) is 5.82 Å². The minimum atomic E-state index is 0.717. The average molecular weight is 554 g/mol. The molecule has 0 aliphatic carbocycles.